The van der Waals surface area contributed by atoms with Crippen LogP contribution in [0.15, 0.2) is 4.34 Å². The number of primary sulfonamides is 1. The minimum atomic E-state index is -3.82. The zero-order valence-corrected chi connectivity index (χ0v) is 8.15. The summed E-state index contributed by atoms with van der Waals surface area (Å²) < 4.78 is 21.1. The number of carbonyl (C=O) groups excluding carboxylic acids is 1. The van der Waals surface area contributed by atoms with Gasteiger partial charge in [0.05, 0.1) is 0 Å². The molecule has 0 atom stereocenters. The SMILES string of the molecule is CC(=O)Nc1nnc(S(N)(=O)=O)s1.[NaH]. The molecule has 1 heterocycles. The first-order valence-electron chi connectivity index (χ1n) is 3.03. The van der Waals surface area contributed by atoms with Crippen molar-refractivity contribution in [3.8, 4) is 0 Å². The van der Waals surface area contributed by atoms with Crippen LogP contribution in [0.1, 0.15) is 6.92 Å². The molecule has 1 rings (SSSR count). The van der Waals surface area contributed by atoms with Crippen LogP contribution in [0.2, 0.25) is 0 Å². The van der Waals surface area contributed by atoms with Gasteiger partial charge in [0.1, 0.15) is 0 Å². The van der Waals surface area contributed by atoms with Crippen molar-refractivity contribution in [2.24, 2.45) is 5.14 Å². The fourth-order valence-corrected chi connectivity index (χ4v) is 1.91. The van der Waals surface area contributed by atoms with Gasteiger partial charge in [-0.25, -0.2) is 13.6 Å². The molecule has 0 aliphatic carbocycles. The number of anilines is 1. The Morgan fingerprint density at radius 1 is 1.50 bits per heavy atom. The number of nitrogens with two attached hydrogens (primary N) is 1. The summed E-state index contributed by atoms with van der Waals surface area (Å²) in [6.45, 7) is 1.28. The number of rotatable bonds is 2. The van der Waals surface area contributed by atoms with Crippen LogP contribution in [0.25, 0.3) is 0 Å². The standard InChI is InChI=1S/C4H6N4O3S2.Na.H/c1-2(9)6-3-7-8-4(12-3)13(5,10)11;;/h1H3,(H2,5,10,11)(H,6,7,9);;. The van der Waals surface area contributed by atoms with Crippen molar-refractivity contribution >= 4 is 62.0 Å². The maximum absolute atomic E-state index is 10.7. The molecule has 0 saturated heterocycles. The van der Waals surface area contributed by atoms with Crippen LogP contribution in [0.3, 0.4) is 0 Å². The van der Waals surface area contributed by atoms with Crippen LogP contribution in [0, 0.1) is 0 Å². The second-order valence-electron chi connectivity index (χ2n) is 2.10. The van der Waals surface area contributed by atoms with E-state index >= 15 is 0 Å². The molecule has 0 saturated carbocycles. The van der Waals surface area contributed by atoms with Crippen molar-refractivity contribution in [1.29, 1.82) is 0 Å². The molecule has 1 amide bonds. The van der Waals surface area contributed by atoms with Crippen LogP contribution >= 0.6 is 11.3 Å². The molecule has 0 spiro atoms. The summed E-state index contributed by atoms with van der Waals surface area (Å²) in [5, 5.41) is 13.8. The minimum absolute atomic E-state index is 0. The Balaban J connectivity index is 0.00000169. The van der Waals surface area contributed by atoms with E-state index in [1.807, 2.05) is 0 Å². The fraction of sp³-hybridized carbons (Fsp3) is 0.250. The summed E-state index contributed by atoms with van der Waals surface area (Å²) in [5.74, 6) is -0.350. The molecule has 0 unspecified atom stereocenters. The third-order valence-electron chi connectivity index (χ3n) is 0.933. The Labute approximate surface area is 106 Å². The van der Waals surface area contributed by atoms with Gasteiger partial charge in [0.25, 0.3) is 10.0 Å². The van der Waals surface area contributed by atoms with E-state index in [0.717, 1.165) is 0 Å². The van der Waals surface area contributed by atoms with Crippen molar-refractivity contribution in [1.82, 2.24) is 10.2 Å². The number of hydrogen-bond donors (Lipinski definition) is 2. The molecule has 0 aromatic carbocycles. The molecule has 3 N–H and O–H groups in total. The molecule has 0 radical (unpaired) electrons. The first-order valence-corrected chi connectivity index (χ1v) is 5.40. The van der Waals surface area contributed by atoms with E-state index in [9.17, 15) is 13.2 Å². The Kier molecular flexibility index (Phi) is 5.12. The summed E-state index contributed by atoms with van der Waals surface area (Å²) >= 11 is 0.701. The number of amides is 1. The molecule has 1 aromatic heterocycles. The van der Waals surface area contributed by atoms with Gasteiger partial charge in [0, 0.05) is 6.92 Å². The van der Waals surface area contributed by atoms with E-state index in [4.69, 9.17) is 5.14 Å². The van der Waals surface area contributed by atoms with E-state index in [-0.39, 0.29) is 44.9 Å². The first-order chi connectivity index (χ1) is 5.89. The van der Waals surface area contributed by atoms with Gasteiger partial charge in [-0.05, 0) is 0 Å². The molecule has 0 aliphatic rings. The van der Waals surface area contributed by atoms with Crippen molar-refractivity contribution in [2.45, 2.75) is 11.3 Å². The average Bonchev–Trinajstić information content (AvgIpc) is 2.32. The van der Waals surface area contributed by atoms with E-state index < -0.39 is 10.0 Å². The van der Waals surface area contributed by atoms with Crippen molar-refractivity contribution in [3.05, 3.63) is 0 Å². The molecule has 0 bridgehead atoms. The maximum atomic E-state index is 10.7. The van der Waals surface area contributed by atoms with Crippen LogP contribution in [-0.4, -0.2) is 54.1 Å². The monoisotopic (exact) mass is 246 g/mol. The zero-order valence-electron chi connectivity index (χ0n) is 6.51. The van der Waals surface area contributed by atoms with Gasteiger partial charge in [-0.3, -0.25) is 4.79 Å². The molecule has 10 heteroatoms. The van der Waals surface area contributed by atoms with Crippen LogP contribution in [-0.2, 0) is 14.8 Å². The molecule has 0 fully saturated rings. The third kappa shape index (κ3) is 3.98. The summed E-state index contributed by atoms with van der Waals surface area (Å²) in [6, 6.07) is 0. The van der Waals surface area contributed by atoms with Gasteiger partial charge in [0.15, 0.2) is 0 Å². The van der Waals surface area contributed by atoms with E-state index in [2.05, 4.69) is 15.5 Å². The topological polar surface area (TPSA) is 115 Å². The number of aromatic nitrogens is 2. The summed E-state index contributed by atoms with van der Waals surface area (Å²) in [4.78, 5) is 10.5. The van der Waals surface area contributed by atoms with Gasteiger partial charge >= 0.3 is 29.6 Å². The Bertz CT molecular complexity index is 428. The second-order valence-corrected chi connectivity index (χ2v) is 4.81. The number of carbonyl (C=O) groups is 1. The second kappa shape index (κ2) is 5.14. The Morgan fingerprint density at radius 2 is 2.07 bits per heavy atom. The van der Waals surface area contributed by atoms with E-state index in [1.165, 1.54) is 6.92 Å². The molecule has 0 aliphatic heterocycles. The van der Waals surface area contributed by atoms with Crippen molar-refractivity contribution in [3.63, 3.8) is 0 Å². The Morgan fingerprint density at radius 3 is 2.43 bits per heavy atom. The fourth-order valence-electron chi connectivity index (χ4n) is 0.526. The number of sulfonamides is 1. The van der Waals surface area contributed by atoms with Gasteiger partial charge in [0.2, 0.25) is 15.4 Å². The van der Waals surface area contributed by atoms with Crippen LogP contribution in [0.4, 0.5) is 5.13 Å². The molecule has 14 heavy (non-hydrogen) atoms. The number of nitrogens with one attached hydrogen (secondary N) is 1. The van der Waals surface area contributed by atoms with Crippen LogP contribution < -0.4 is 10.5 Å². The molecular weight excluding hydrogens is 239 g/mol. The first kappa shape index (κ1) is 13.9. The molecular formula is C4H7N4NaO3S2. The quantitative estimate of drug-likeness (QED) is 0.486. The van der Waals surface area contributed by atoms with Gasteiger partial charge in [-0.15, -0.1) is 10.2 Å². The van der Waals surface area contributed by atoms with Gasteiger partial charge in [-0.1, -0.05) is 11.3 Å². The summed E-state index contributed by atoms with van der Waals surface area (Å²) in [5.41, 5.74) is 0. The number of nitrogens with zero attached hydrogens (tertiary/aromatic N) is 2. The summed E-state index contributed by atoms with van der Waals surface area (Å²) in [6.07, 6.45) is 0. The van der Waals surface area contributed by atoms with Gasteiger partial charge in [-0.2, -0.15) is 0 Å². The van der Waals surface area contributed by atoms with Crippen LogP contribution in [0.5, 0.6) is 0 Å². The van der Waals surface area contributed by atoms with E-state index in [1.54, 1.807) is 0 Å². The predicted molar refractivity (Wildman–Crippen MR) is 52.7 cm³/mol. The predicted octanol–water partition coefficient (Wildman–Crippen LogP) is -1.50. The Hall–Kier alpha value is -0.0600. The number of hydrogen-bond acceptors (Lipinski definition) is 6. The van der Waals surface area contributed by atoms with Crippen molar-refractivity contribution < 1.29 is 13.2 Å². The normalized spacial score (nSPS) is 10.4. The zero-order chi connectivity index (χ0) is 10.1. The third-order valence-corrected chi connectivity index (χ3v) is 3.08. The molecule has 7 nitrogen and oxygen atoms in total. The van der Waals surface area contributed by atoms with Crippen molar-refractivity contribution in [2.75, 3.05) is 5.32 Å². The van der Waals surface area contributed by atoms with E-state index in [0.29, 0.717) is 11.3 Å². The average molecular weight is 246 g/mol. The molecule has 1 aromatic rings. The molecule has 74 valence electrons. The van der Waals surface area contributed by atoms with Gasteiger partial charge < -0.3 is 5.32 Å². The summed E-state index contributed by atoms with van der Waals surface area (Å²) in [7, 11) is -3.82.